The number of halogens is 4. The number of para-hydroxylation sites is 3. The Balaban J connectivity index is 1.72. The van der Waals surface area contributed by atoms with Gasteiger partial charge < -0.3 is 10.2 Å². The summed E-state index contributed by atoms with van der Waals surface area (Å²) in [6.07, 6.45) is -4.43. The first kappa shape index (κ1) is 20.2. The molecule has 9 heteroatoms. The first-order chi connectivity index (χ1) is 14.3. The average Bonchev–Trinajstić information content (AvgIpc) is 2.84. The van der Waals surface area contributed by atoms with E-state index in [1.807, 2.05) is 0 Å². The van der Waals surface area contributed by atoms with E-state index in [1.54, 1.807) is 18.2 Å². The topological polar surface area (TPSA) is 52.7 Å². The van der Waals surface area contributed by atoms with Gasteiger partial charge >= 0.3 is 6.18 Å². The highest BCUT2D eigenvalue weighted by Gasteiger charge is 2.49. The lowest BCUT2D eigenvalue weighted by Crippen LogP contribution is -2.53. The summed E-state index contributed by atoms with van der Waals surface area (Å²) < 4.78 is 55.9. The van der Waals surface area contributed by atoms with Crippen LogP contribution in [0.25, 0.3) is 0 Å². The summed E-state index contributed by atoms with van der Waals surface area (Å²) in [4.78, 5) is 27.4. The molecular weight excluding hydrogens is 402 g/mol. The zero-order valence-electron chi connectivity index (χ0n) is 15.9. The van der Waals surface area contributed by atoms with Crippen molar-refractivity contribution >= 4 is 28.9 Å². The molecule has 0 spiro atoms. The van der Waals surface area contributed by atoms with Gasteiger partial charge in [0.05, 0.1) is 30.0 Å². The lowest BCUT2D eigenvalue weighted by molar-refractivity contribution is -0.157. The largest absolute Gasteiger partial charge is 0.409 e. The van der Waals surface area contributed by atoms with Crippen LogP contribution < -0.4 is 15.1 Å². The first-order valence-corrected chi connectivity index (χ1v) is 9.55. The van der Waals surface area contributed by atoms with Crippen LogP contribution in [-0.2, 0) is 16.0 Å². The van der Waals surface area contributed by atoms with E-state index in [0.29, 0.717) is 24.3 Å². The summed E-state index contributed by atoms with van der Waals surface area (Å²) in [5, 5.41) is 2.43. The van der Waals surface area contributed by atoms with Crippen molar-refractivity contribution in [1.29, 1.82) is 0 Å². The van der Waals surface area contributed by atoms with Crippen LogP contribution in [0.1, 0.15) is 18.4 Å². The van der Waals surface area contributed by atoms with Gasteiger partial charge in [-0.3, -0.25) is 14.5 Å². The fourth-order valence-corrected chi connectivity index (χ4v) is 4.08. The molecule has 30 heavy (non-hydrogen) atoms. The monoisotopic (exact) mass is 421 g/mol. The van der Waals surface area contributed by atoms with Gasteiger partial charge in [0.25, 0.3) is 0 Å². The second-order valence-corrected chi connectivity index (χ2v) is 7.36. The van der Waals surface area contributed by atoms with E-state index in [1.165, 1.54) is 29.2 Å². The van der Waals surface area contributed by atoms with E-state index in [0.717, 1.165) is 5.56 Å². The second kappa shape index (κ2) is 7.62. The van der Waals surface area contributed by atoms with Gasteiger partial charge in [-0.15, -0.1) is 0 Å². The number of nitrogens with one attached hydrogen (secondary N) is 1. The van der Waals surface area contributed by atoms with Crippen LogP contribution in [0.4, 0.5) is 34.6 Å². The molecular formula is C21H19F4N3O2. The van der Waals surface area contributed by atoms with E-state index < -0.39 is 42.8 Å². The molecule has 0 aliphatic carbocycles. The van der Waals surface area contributed by atoms with Crippen molar-refractivity contribution in [3.63, 3.8) is 0 Å². The number of aryl methyl sites for hydroxylation is 1. The second-order valence-electron chi connectivity index (χ2n) is 7.36. The van der Waals surface area contributed by atoms with Crippen molar-refractivity contribution in [3.05, 3.63) is 53.8 Å². The summed E-state index contributed by atoms with van der Waals surface area (Å²) in [6, 6.07) is 8.15. The predicted molar refractivity (Wildman–Crippen MR) is 104 cm³/mol. The van der Waals surface area contributed by atoms with Crippen molar-refractivity contribution < 1.29 is 27.2 Å². The standard InChI is InChI=1S/C21H19F4N3O2/c22-14-7-3-5-13-6-4-10-27(20(13)14)12-19(30)28-16-9-2-1-8-15(16)26-18(29)11-17(28)21(23,24)25/h1-3,5,7-9,17H,4,6,10-12H2,(H,26,29)/t17-/m0/s1. The summed E-state index contributed by atoms with van der Waals surface area (Å²) >= 11 is 0. The number of benzene rings is 2. The van der Waals surface area contributed by atoms with Gasteiger partial charge in [0, 0.05) is 6.54 Å². The smallest absolute Gasteiger partial charge is 0.360 e. The summed E-state index contributed by atoms with van der Waals surface area (Å²) in [7, 11) is 0. The average molecular weight is 421 g/mol. The third-order valence-electron chi connectivity index (χ3n) is 5.36. The number of carbonyl (C=O) groups excluding carboxylic acids is 2. The van der Waals surface area contributed by atoms with Gasteiger partial charge in [-0.05, 0) is 36.6 Å². The Kier molecular flexibility index (Phi) is 5.13. The molecule has 2 aromatic carbocycles. The van der Waals surface area contributed by atoms with Crippen LogP contribution in [0.2, 0.25) is 0 Å². The Labute approximate surface area is 170 Å². The molecule has 2 aromatic rings. The van der Waals surface area contributed by atoms with Gasteiger partial charge in [0.1, 0.15) is 11.9 Å². The number of rotatable bonds is 2. The molecule has 2 amide bonds. The Morgan fingerprint density at radius 2 is 1.90 bits per heavy atom. The van der Waals surface area contributed by atoms with Gasteiger partial charge in [0.2, 0.25) is 11.8 Å². The Bertz CT molecular complexity index is 992. The van der Waals surface area contributed by atoms with Gasteiger partial charge in [0.15, 0.2) is 0 Å². The minimum absolute atomic E-state index is 0.0264. The minimum Gasteiger partial charge on any atom is -0.360 e. The zero-order chi connectivity index (χ0) is 21.5. The van der Waals surface area contributed by atoms with Crippen molar-refractivity contribution in [1.82, 2.24) is 0 Å². The molecule has 0 fully saturated rings. The van der Waals surface area contributed by atoms with Crippen LogP contribution in [0, 0.1) is 5.82 Å². The zero-order valence-corrected chi connectivity index (χ0v) is 15.9. The highest BCUT2D eigenvalue weighted by atomic mass is 19.4. The number of nitrogens with zero attached hydrogens (tertiary/aromatic N) is 2. The lowest BCUT2D eigenvalue weighted by atomic mass is 10.0. The molecule has 0 saturated heterocycles. The number of hydrogen-bond donors (Lipinski definition) is 1. The number of alkyl halides is 3. The third kappa shape index (κ3) is 3.71. The fourth-order valence-electron chi connectivity index (χ4n) is 4.08. The highest BCUT2D eigenvalue weighted by Crippen LogP contribution is 2.38. The molecule has 4 rings (SSSR count). The van der Waals surface area contributed by atoms with Crippen molar-refractivity contribution in [3.8, 4) is 0 Å². The molecule has 2 aliphatic heterocycles. The normalized spacial score (nSPS) is 18.9. The number of fused-ring (bicyclic) bond motifs is 2. The summed E-state index contributed by atoms with van der Waals surface area (Å²) in [6.45, 7) is -0.0773. The predicted octanol–water partition coefficient (Wildman–Crippen LogP) is 3.88. The van der Waals surface area contributed by atoms with Gasteiger partial charge in [-0.1, -0.05) is 24.3 Å². The lowest BCUT2D eigenvalue weighted by Gasteiger charge is -2.36. The number of hydrogen-bond acceptors (Lipinski definition) is 3. The molecule has 0 aromatic heterocycles. The molecule has 2 aliphatic rings. The molecule has 0 radical (unpaired) electrons. The third-order valence-corrected chi connectivity index (χ3v) is 5.36. The molecule has 1 atom stereocenters. The van der Waals surface area contributed by atoms with E-state index >= 15 is 0 Å². The maximum absolute atomic E-state index is 14.4. The van der Waals surface area contributed by atoms with Crippen LogP contribution in [0.5, 0.6) is 0 Å². The van der Waals surface area contributed by atoms with Gasteiger partial charge in [-0.2, -0.15) is 13.2 Å². The van der Waals surface area contributed by atoms with Crippen LogP contribution in [0.15, 0.2) is 42.5 Å². The van der Waals surface area contributed by atoms with E-state index in [4.69, 9.17) is 0 Å². The number of amides is 2. The molecule has 0 unspecified atom stereocenters. The van der Waals surface area contributed by atoms with Crippen LogP contribution in [0.3, 0.4) is 0 Å². The SMILES string of the molecule is O=C1C[C@@H](C(F)(F)F)N(C(=O)CN2CCCc3cccc(F)c32)c2ccccc2N1. The van der Waals surface area contributed by atoms with Crippen molar-refractivity contribution in [2.24, 2.45) is 0 Å². The van der Waals surface area contributed by atoms with E-state index in [9.17, 15) is 27.2 Å². The molecule has 2 heterocycles. The van der Waals surface area contributed by atoms with Crippen LogP contribution >= 0.6 is 0 Å². The quantitative estimate of drug-likeness (QED) is 0.749. The van der Waals surface area contributed by atoms with E-state index in [-0.39, 0.29) is 17.1 Å². The summed E-state index contributed by atoms with van der Waals surface area (Å²) in [5.74, 6) is -2.19. The maximum Gasteiger partial charge on any atom is 0.409 e. The molecule has 5 nitrogen and oxygen atoms in total. The highest BCUT2D eigenvalue weighted by molar-refractivity contribution is 6.05. The van der Waals surface area contributed by atoms with E-state index in [2.05, 4.69) is 5.32 Å². The van der Waals surface area contributed by atoms with Crippen molar-refractivity contribution in [2.75, 3.05) is 28.2 Å². The molecule has 1 N–H and O–H groups in total. The van der Waals surface area contributed by atoms with Gasteiger partial charge in [-0.25, -0.2) is 4.39 Å². The molecule has 0 bridgehead atoms. The Morgan fingerprint density at radius 3 is 2.67 bits per heavy atom. The molecule has 158 valence electrons. The maximum atomic E-state index is 14.4. The van der Waals surface area contributed by atoms with Crippen molar-refractivity contribution in [2.45, 2.75) is 31.5 Å². The number of carbonyl (C=O) groups is 2. The molecule has 0 saturated carbocycles. The fraction of sp³-hybridized carbons (Fsp3) is 0.333. The van der Waals surface area contributed by atoms with Crippen LogP contribution in [-0.4, -0.2) is 37.1 Å². The number of anilines is 3. The Hall–Kier alpha value is -3.10. The summed E-state index contributed by atoms with van der Waals surface area (Å²) in [5.41, 5.74) is 1.07. The Morgan fingerprint density at radius 1 is 1.13 bits per heavy atom. The first-order valence-electron chi connectivity index (χ1n) is 9.55. The minimum atomic E-state index is -4.81.